The van der Waals surface area contributed by atoms with E-state index < -0.39 is 0 Å². The minimum Gasteiger partial charge on any atom is -0.483 e. The molecule has 0 saturated carbocycles. The summed E-state index contributed by atoms with van der Waals surface area (Å²) >= 11 is 0. The number of nitrogens with one attached hydrogen (secondary N) is 1. The molecule has 1 N–H and O–H groups in total. The minimum atomic E-state index is -0.117. The standard InChI is InChI=1S/C21H22N2O2/c1-15-6-3-10-19(16(15)2)25-14-20(24)22-13-11-18-8-4-7-17-9-5-12-23-21(17)18/h3-10,12H,11,13-14H2,1-2H3,(H,22,24). The number of carbonyl (C=O) groups excluding carboxylic acids is 1. The molecular formula is C21H22N2O2. The Bertz CT molecular complexity index is 885. The third-order valence-electron chi connectivity index (χ3n) is 4.35. The van der Waals surface area contributed by atoms with Crippen LogP contribution in [-0.4, -0.2) is 24.0 Å². The minimum absolute atomic E-state index is 0.0259. The molecule has 0 aliphatic carbocycles. The second-order valence-corrected chi connectivity index (χ2v) is 6.08. The summed E-state index contributed by atoms with van der Waals surface area (Å²) in [5.74, 6) is 0.641. The molecule has 1 aromatic heterocycles. The van der Waals surface area contributed by atoms with Crippen LogP contribution in [0, 0.1) is 13.8 Å². The van der Waals surface area contributed by atoms with Crippen molar-refractivity contribution in [3.05, 3.63) is 71.4 Å². The Morgan fingerprint density at radius 1 is 1.08 bits per heavy atom. The number of ether oxygens (including phenoxy) is 1. The summed E-state index contributed by atoms with van der Waals surface area (Å²) in [6.07, 6.45) is 2.53. The fourth-order valence-electron chi connectivity index (χ4n) is 2.78. The lowest BCUT2D eigenvalue weighted by molar-refractivity contribution is -0.123. The van der Waals surface area contributed by atoms with Gasteiger partial charge in [-0.15, -0.1) is 0 Å². The van der Waals surface area contributed by atoms with Crippen LogP contribution in [0.1, 0.15) is 16.7 Å². The molecule has 3 rings (SSSR count). The number of hydrogen-bond acceptors (Lipinski definition) is 3. The highest BCUT2D eigenvalue weighted by Gasteiger charge is 2.07. The topological polar surface area (TPSA) is 51.2 Å². The van der Waals surface area contributed by atoms with Gasteiger partial charge in [-0.05, 0) is 49.1 Å². The van der Waals surface area contributed by atoms with E-state index in [0.29, 0.717) is 6.54 Å². The van der Waals surface area contributed by atoms with E-state index in [1.165, 1.54) is 0 Å². The maximum Gasteiger partial charge on any atom is 0.257 e. The van der Waals surface area contributed by atoms with Crippen LogP contribution < -0.4 is 10.1 Å². The summed E-state index contributed by atoms with van der Waals surface area (Å²) in [6, 6.07) is 15.9. The molecule has 25 heavy (non-hydrogen) atoms. The Morgan fingerprint density at radius 2 is 1.88 bits per heavy atom. The van der Waals surface area contributed by atoms with Crippen molar-refractivity contribution < 1.29 is 9.53 Å². The van der Waals surface area contributed by atoms with E-state index in [1.54, 1.807) is 6.20 Å². The molecule has 0 atom stereocenters. The van der Waals surface area contributed by atoms with Gasteiger partial charge >= 0.3 is 0 Å². The zero-order valence-electron chi connectivity index (χ0n) is 14.6. The molecule has 1 amide bonds. The third-order valence-corrected chi connectivity index (χ3v) is 4.35. The van der Waals surface area contributed by atoms with E-state index in [-0.39, 0.29) is 12.5 Å². The van der Waals surface area contributed by atoms with E-state index in [1.807, 2.05) is 62.4 Å². The van der Waals surface area contributed by atoms with Crippen molar-refractivity contribution in [1.29, 1.82) is 0 Å². The van der Waals surface area contributed by atoms with Gasteiger partial charge in [-0.2, -0.15) is 0 Å². The predicted octanol–water partition coefficient (Wildman–Crippen LogP) is 3.59. The lowest BCUT2D eigenvalue weighted by Gasteiger charge is -2.11. The monoisotopic (exact) mass is 334 g/mol. The van der Waals surface area contributed by atoms with E-state index in [4.69, 9.17) is 4.74 Å². The summed E-state index contributed by atoms with van der Waals surface area (Å²) < 4.78 is 5.63. The first-order chi connectivity index (χ1) is 12.1. The molecule has 0 radical (unpaired) electrons. The molecule has 0 aliphatic rings. The Balaban J connectivity index is 1.52. The number of aryl methyl sites for hydroxylation is 1. The molecule has 0 unspecified atom stereocenters. The van der Waals surface area contributed by atoms with Gasteiger partial charge in [-0.1, -0.05) is 36.4 Å². The Labute approximate surface area is 147 Å². The quantitative estimate of drug-likeness (QED) is 0.749. The number of aromatic nitrogens is 1. The average molecular weight is 334 g/mol. The van der Waals surface area contributed by atoms with Gasteiger partial charge < -0.3 is 10.1 Å². The first-order valence-corrected chi connectivity index (χ1v) is 8.43. The summed E-state index contributed by atoms with van der Waals surface area (Å²) in [5.41, 5.74) is 4.35. The SMILES string of the molecule is Cc1cccc(OCC(=O)NCCc2cccc3cccnc23)c1C. The van der Waals surface area contributed by atoms with Gasteiger partial charge in [0, 0.05) is 18.1 Å². The van der Waals surface area contributed by atoms with Gasteiger partial charge in [0.2, 0.25) is 0 Å². The molecule has 1 heterocycles. The summed E-state index contributed by atoms with van der Waals surface area (Å²) in [7, 11) is 0. The van der Waals surface area contributed by atoms with Crippen LogP contribution in [0.4, 0.5) is 0 Å². The van der Waals surface area contributed by atoms with Crippen molar-refractivity contribution >= 4 is 16.8 Å². The molecule has 128 valence electrons. The van der Waals surface area contributed by atoms with Gasteiger partial charge in [-0.3, -0.25) is 9.78 Å². The number of benzene rings is 2. The van der Waals surface area contributed by atoms with Crippen molar-refractivity contribution in [1.82, 2.24) is 10.3 Å². The summed E-state index contributed by atoms with van der Waals surface area (Å²) in [6.45, 7) is 4.61. The number of hydrogen-bond donors (Lipinski definition) is 1. The van der Waals surface area contributed by atoms with Crippen LogP contribution >= 0.6 is 0 Å². The molecule has 0 fully saturated rings. The first kappa shape index (κ1) is 17.0. The van der Waals surface area contributed by atoms with Gasteiger partial charge in [0.1, 0.15) is 5.75 Å². The van der Waals surface area contributed by atoms with Gasteiger partial charge in [0.05, 0.1) is 5.52 Å². The molecule has 0 spiro atoms. The van der Waals surface area contributed by atoms with Crippen LogP contribution in [0.2, 0.25) is 0 Å². The number of fused-ring (bicyclic) bond motifs is 1. The fourth-order valence-corrected chi connectivity index (χ4v) is 2.78. The van der Waals surface area contributed by atoms with E-state index >= 15 is 0 Å². The Hall–Kier alpha value is -2.88. The van der Waals surface area contributed by atoms with E-state index in [0.717, 1.165) is 39.8 Å². The van der Waals surface area contributed by atoms with Gasteiger partial charge in [-0.25, -0.2) is 0 Å². The van der Waals surface area contributed by atoms with Crippen LogP contribution in [0.5, 0.6) is 5.75 Å². The van der Waals surface area contributed by atoms with Crippen LogP contribution in [0.25, 0.3) is 10.9 Å². The number of rotatable bonds is 6. The van der Waals surface area contributed by atoms with Crippen molar-refractivity contribution in [3.63, 3.8) is 0 Å². The first-order valence-electron chi connectivity index (χ1n) is 8.43. The highest BCUT2D eigenvalue weighted by molar-refractivity contribution is 5.81. The average Bonchev–Trinajstić information content (AvgIpc) is 2.63. The number of carbonyl (C=O) groups is 1. The lowest BCUT2D eigenvalue weighted by Crippen LogP contribution is -2.30. The Morgan fingerprint density at radius 3 is 2.76 bits per heavy atom. The number of para-hydroxylation sites is 1. The second kappa shape index (κ2) is 7.79. The second-order valence-electron chi connectivity index (χ2n) is 6.08. The van der Waals surface area contributed by atoms with Gasteiger partial charge in [0.25, 0.3) is 5.91 Å². The van der Waals surface area contributed by atoms with E-state index in [2.05, 4.69) is 10.3 Å². The Kier molecular flexibility index (Phi) is 5.29. The predicted molar refractivity (Wildman–Crippen MR) is 99.9 cm³/mol. The van der Waals surface area contributed by atoms with Crippen molar-refractivity contribution in [2.75, 3.05) is 13.2 Å². The normalized spacial score (nSPS) is 10.6. The van der Waals surface area contributed by atoms with Crippen molar-refractivity contribution in [2.45, 2.75) is 20.3 Å². The van der Waals surface area contributed by atoms with Gasteiger partial charge in [0.15, 0.2) is 6.61 Å². The fraction of sp³-hybridized carbons (Fsp3) is 0.238. The molecule has 4 nitrogen and oxygen atoms in total. The van der Waals surface area contributed by atoms with Crippen LogP contribution in [0.3, 0.4) is 0 Å². The number of pyridine rings is 1. The highest BCUT2D eigenvalue weighted by Crippen LogP contribution is 2.20. The largest absolute Gasteiger partial charge is 0.483 e. The molecule has 0 bridgehead atoms. The maximum absolute atomic E-state index is 12.0. The molecule has 2 aromatic carbocycles. The van der Waals surface area contributed by atoms with E-state index in [9.17, 15) is 4.79 Å². The maximum atomic E-state index is 12.0. The third kappa shape index (κ3) is 4.15. The molecule has 0 saturated heterocycles. The summed E-state index contributed by atoms with van der Waals surface area (Å²) in [4.78, 5) is 16.5. The molecule has 4 heteroatoms. The molecule has 0 aliphatic heterocycles. The van der Waals surface area contributed by atoms with Crippen LogP contribution in [0.15, 0.2) is 54.7 Å². The summed E-state index contributed by atoms with van der Waals surface area (Å²) in [5, 5.41) is 4.02. The number of nitrogens with zero attached hydrogens (tertiary/aromatic N) is 1. The van der Waals surface area contributed by atoms with Crippen molar-refractivity contribution in [3.8, 4) is 5.75 Å². The smallest absolute Gasteiger partial charge is 0.257 e. The zero-order chi connectivity index (χ0) is 17.6. The molecular weight excluding hydrogens is 312 g/mol. The van der Waals surface area contributed by atoms with Crippen molar-refractivity contribution in [2.24, 2.45) is 0 Å². The van der Waals surface area contributed by atoms with Crippen LogP contribution in [-0.2, 0) is 11.2 Å². The lowest BCUT2D eigenvalue weighted by atomic mass is 10.1. The zero-order valence-corrected chi connectivity index (χ0v) is 14.6. The molecule has 3 aromatic rings. The highest BCUT2D eigenvalue weighted by atomic mass is 16.5. The number of amides is 1.